The molecule has 1 aromatic rings. The number of hydrogen-bond acceptors (Lipinski definition) is 4. The maximum Gasteiger partial charge on any atom is 0.514 e. The van der Waals surface area contributed by atoms with E-state index in [2.05, 4.69) is 0 Å². The van der Waals surface area contributed by atoms with Crippen LogP contribution in [0.3, 0.4) is 0 Å². The van der Waals surface area contributed by atoms with Gasteiger partial charge in [0, 0.05) is 0 Å². The van der Waals surface area contributed by atoms with E-state index in [1.807, 2.05) is 0 Å². The highest BCUT2D eigenvalue weighted by atomic mass is 19.1. The minimum absolute atomic E-state index is 0.355. The predicted molar refractivity (Wildman–Crippen MR) is 64.3 cm³/mol. The fraction of sp³-hybridized carbons (Fsp3) is 0.385. The second-order valence-corrected chi connectivity index (χ2v) is 4.78. The number of aryl methyl sites for hydroxylation is 1. The largest absolute Gasteiger partial charge is 0.514 e. The molecule has 5 heteroatoms. The first-order chi connectivity index (χ1) is 8.20. The first-order valence-corrected chi connectivity index (χ1v) is 5.41. The molecule has 0 N–H and O–H groups in total. The van der Waals surface area contributed by atoms with Gasteiger partial charge in [-0.3, -0.25) is 4.79 Å². The maximum absolute atomic E-state index is 13.2. The topological polar surface area (TPSA) is 52.6 Å². The molecule has 4 nitrogen and oxygen atoms in total. The van der Waals surface area contributed by atoms with Gasteiger partial charge in [0.25, 0.3) is 5.43 Å². The Morgan fingerprint density at radius 3 is 2.44 bits per heavy atom. The first-order valence-electron chi connectivity index (χ1n) is 5.41. The summed E-state index contributed by atoms with van der Waals surface area (Å²) < 4.78 is 22.9. The third-order valence-corrected chi connectivity index (χ3v) is 1.94. The van der Waals surface area contributed by atoms with E-state index in [1.54, 1.807) is 27.7 Å². The molecule has 1 aromatic carbocycles. The molecule has 0 atom stereocenters. The van der Waals surface area contributed by atoms with E-state index >= 15 is 0 Å². The highest BCUT2D eigenvalue weighted by molar-refractivity contribution is 5.64. The van der Waals surface area contributed by atoms with Crippen LogP contribution in [0.25, 0.3) is 0 Å². The first kappa shape index (κ1) is 14.2. The summed E-state index contributed by atoms with van der Waals surface area (Å²) in [5.74, 6) is -1.34. The smallest absolute Gasteiger partial charge is 0.428 e. The molecule has 0 saturated carbocycles. The molecule has 0 bridgehead atoms. The molecule has 0 aliphatic rings. The average molecular weight is 254 g/mol. The lowest BCUT2D eigenvalue weighted by Crippen LogP contribution is -2.27. The summed E-state index contributed by atoms with van der Waals surface area (Å²) in [6, 6.07) is 3.86. The zero-order valence-corrected chi connectivity index (χ0v) is 10.7. The van der Waals surface area contributed by atoms with E-state index in [1.165, 1.54) is 12.1 Å². The lowest BCUT2D eigenvalue weighted by atomic mass is 10.2. The van der Waals surface area contributed by atoms with Crippen molar-refractivity contribution in [2.24, 2.45) is 0 Å². The van der Waals surface area contributed by atoms with Crippen molar-refractivity contribution in [1.29, 1.82) is 0 Å². The van der Waals surface area contributed by atoms with Gasteiger partial charge in [-0.1, -0.05) is 12.1 Å². The quantitative estimate of drug-likeness (QED) is 0.723. The number of carbonyl (C=O) groups is 1. The molecule has 1 rings (SSSR count). The Bertz CT molecular complexity index is 517. The van der Waals surface area contributed by atoms with Crippen molar-refractivity contribution in [2.75, 3.05) is 0 Å². The zero-order chi connectivity index (χ0) is 13.9. The van der Waals surface area contributed by atoms with Gasteiger partial charge in [-0.2, -0.15) is 0 Å². The van der Waals surface area contributed by atoms with E-state index < -0.39 is 23.0 Å². The summed E-state index contributed by atoms with van der Waals surface area (Å²) in [7, 11) is 0. The standard InChI is InChI=1S/C13H15FO4/c1-8-6-5-7-9(14)10(15)11(8)17-12(16)18-13(2,3)4/h5-7H,1-4H3. The molecule has 0 unspecified atom stereocenters. The summed E-state index contributed by atoms with van der Waals surface area (Å²) >= 11 is 0. The third-order valence-electron chi connectivity index (χ3n) is 1.94. The number of ether oxygens (including phenoxy) is 2. The second-order valence-electron chi connectivity index (χ2n) is 4.78. The SMILES string of the molecule is Cc1cccc(F)c(=O)c1OC(=O)OC(C)(C)C. The van der Waals surface area contributed by atoms with E-state index in [-0.39, 0.29) is 5.75 Å². The lowest BCUT2D eigenvalue weighted by molar-refractivity contribution is 0.0202. The summed E-state index contributed by atoms with van der Waals surface area (Å²) in [6.07, 6.45) is -1.03. The Balaban J connectivity index is 3.07. The average Bonchev–Trinajstić information content (AvgIpc) is 2.30. The predicted octanol–water partition coefficient (Wildman–Crippen LogP) is 2.81. The van der Waals surface area contributed by atoms with E-state index in [0.29, 0.717) is 5.56 Å². The van der Waals surface area contributed by atoms with Crippen LogP contribution >= 0.6 is 0 Å². The van der Waals surface area contributed by atoms with E-state index in [4.69, 9.17) is 9.47 Å². The Morgan fingerprint density at radius 1 is 1.28 bits per heavy atom. The van der Waals surface area contributed by atoms with Gasteiger partial charge in [-0.25, -0.2) is 9.18 Å². The van der Waals surface area contributed by atoms with Crippen LogP contribution in [0, 0.1) is 12.7 Å². The van der Waals surface area contributed by atoms with Gasteiger partial charge in [0.1, 0.15) is 5.60 Å². The molecule has 0 radical (unpaired) electrons. The second kappa shape index (κ2) is 5.16. The monoisotopic (exact) mass is 254 g/mol. The van der Waals surface area contributed by atoms with Crippen LogP contribution in [0.4, 0.5) is 9.18 Å². The highest BCUT2D eigenvalue weighted by Crippen LogP contribution is 2.14. The Kier molecular flexibility index (Phi) is 4.06. The van der Waals surface area contributed by atoms with E-state index in [0.717, 1.165) is 6.07 Å². The Labute approximate surface area is 104 Å². The molecule has 18 heavy (non-hydrogen) atoms. The summed E-state index contributed by atoms with van der Waals surface area (Å²) in [6.45, 7) is 6.51. The van der Waals surface area contributed by atoms with Gasteiger partial charge < -0.3 is 9.47 Å². The van der Waals surface area contributed by atoms with Crippen molar-refractivity contribution in [3.05, 3.63) is 39.8 Å². The fourth-order valence-corrected chi connectivity index (χ4v) is 1.20. The van der Waals surface area contributed by atoms with Crippen LogP contribution in [-0.4, -0.2) is 11.8 Å². The highest BCUT2D eigenvalue weighted by Gasteiger charge is 2.20. The molecule has 0 aromatic heterocycles. The number of hydrogen-bond donors (Lipinski definition) is 0. The van der Waals surface area contributed by atoms with Crippen molar-refractivity contribution >= 4 is 6.16 Å². The molecular weight excluding hydrogens is 239 g/mol. The molecule has 0 fully saturated rings. The van der Waals surface area contributed by atoms with Gasteiger partial charge >= 0.3 is 6.16 Å². The van der Waals surface area contributed by atoms with Crippen LogP contribution < -0.4 is 10.2 Å². The van der Waals surface area contributed by atoms with Crippen molar-refractivity contribution in [3.63, 3.8) is 0 Å². The van der Waals surface area contributed by atoms with Gasteiger partial charge in [-0.15, -0.1) is 0 Å². The molecule has 0 spiro atoms. The molecule has 98 valence electrons. The molecular formula is C13H15FO4. The van der Waals surface area contributed by atoms with Gasteiger partial charge in [0.15, 0.2) is 11.6 Å². The van der Waals surface area contributed by atoms with Crippen LogP contribution in [0.5, 0.6) is 5.75 Å². The normalized spacial score (nSPS) is 10.9. The van der Waals surface area contributed by atoms with Gasteiger partial charge in [0.2, 0.25) is 0 Å². The van der Waals surface area contributed by atoms with Gasteiger partial charge in [0.05, 0.1) is 0 Å². The molecule has 0 aliphatic carbocycles. The van der Waals surface area contributed by atoms with Crippen LogP contribution in [0.15, 0.2) is 23.0 Å². The van der Waals surface area contributed by atoms with Crippen molar-refractivity contribution in [3.8, 4) is 5.75 Å². The summed E-state index contributed by atoms with van der Waals surface area (Å²) in [5.41, 5.74) is -1.36. The number of rotatable bonds is 1. The minimum Gasteiger partial charge on any atom is -0.428 e. The molecule has 0 heterocycles. The van der Waals surface area contributed by atoms with Crippen LogP contribution in [0.2, 0.25) is 0 Å². The number of carbonyl (C=O) groups excluding carboxylic acids is 1. The molecule has 0 amide bonds. The van der Waals surface area contributed by atoms with Crippen molar-refractivity contribution in [2.45, 2.75) is 33.3 Å². The molecule has 0 saturated heterocycles. The summed E-state index contributed by atoms with van der Waals surface area (Å²) in [5, 5.41) is 0. The van der Waals surface area contributed by atoms with Crippen LogP contribution in [0.1, 0.15) is 26.3 Å². The summed E-state index contributed by atoms with van der Waals surface area (Å²) in [4.78, 5) is 23.0. The van der Waals surface area contributed by atoms with Gasteiger partial charge in [-0.05, 0) is 39.3 Å². The fourth-order valence-electron chi connectivity index (χ4n) is 1.20. The lowest BCUT2D eigenvalue weighted by Gasteiger charge is -2.18. The Hall–Kier alpha value is -1.91. The zero-order valence-electron chi connectivity index (χ0n) is 10.7. The van der Waals surface area contributed by atoms with E-state index in [9.17, 15) is 14.0 Å². The Morgan fingerprint density at radius 2 is 1.89 bits per heavy atom. The van der Waals surface area contributed by atoms with Crippen molar-refractivity contribution in [1.82, 2.24) is 0 Å². The number of halogens is 1. The molecule has 0 aliphatic heterocycles. The van der Waals surface area contributed by atoms with Crippen molar-refractivity contribution < 1.29 is 18.7 Å². The maximum atomic E-state index is 13.2. The minimum atomic E-state index is -1.03. The van der Waals surface area contributed by atoms with Crippen LogP contribution in [-0.2, 0) is 4.74 Å². The third kappa shape index (κ3) is 3.84.